The van der Waals surface area contributed by atoms with E-state index in [4.69, 9.17) is 0 Å². The first-order valence-electron chi connectivity index (χ1n) is 8.19. The van der Waals surface area contributed by atoms with Gasteiger partial charge < -0.3 is 5.11 Å². The maximum atomic E-state index is 9.66. The second kappa shape index (κ2) is 8.53. The Kier molecular flexibility index (Phi) is 5.90. The zero-order valence-electron chi connectivity index (χ0n) is 14.1. The molecule has 0 aliphatic rings. The summed E-state index contributed by atoms with van der Waals surface area (Å²) in [6, 6.07) is 33.0. The van der Waals surface area contributed by atoms with Crippen molar-refractivity contribution in [2.75, 3.05) is 0 Å². The van der Waals surface area contributed by atoms with Gasteiger partial charge in [0.15, 0.2) is 0 Å². The molecule has 0 spiro atoms. The van der Waals surface area contributed by atoms with Crippen LogP contribution in [-0.2, 0) is 0 Å². The molecule has 2 heteroatoms. The van der Waals surface area contributed by atoms with Gasteiger partial charge in [0.1, 0.15) is 5.75 Å². The van der Waals surface area contributed by atoms with Crippen LogP contribution in [0.15, 0.2) is 97.1 Å². The summed E-state index contributed by atoms with van der Waals surface area (Å²) in [5.74, 6) is 0.396. The number of phenolic OH excluding ortho intramolecular Hbond substituents is 1. The topological polar surface area (TPSA) is 20.2 Å². The molecule has 1 N–H and O–H groups in total. The van der Waals surface area contributed by atoms with Crippen LogP contribution in [0.5, 0.6) is 5.75 Å². The fourth-order valence-electron chi connectivity index (χ4n) is 2.48. The average Bonchev–Trinajstić information content (AvgIpc) is 2.67. The zero-order valence-corrected chi connectivity index (χ0v) is 15.8. The fourth-order valence-corrected chi connectivity index (χ4v) is 4.28. The van der Waals surface area contributed by atoms with Crippen molar-refractivity contribution in [3.8, 4) is 5.75 Å². The first kappa shape index (κ1) is 17.3. The van der Waals surface area contributed by atoms with E-state index in [0.29, 0.717) is 20.7 Å². The van der Waals surface area contributed by atoms with Crippen molar-refractivity contribution < 1.29 is 5.11 Å². The summed E-state index contributed by atoms with van der Waals surface area (Å²) in [6.07, 6.45) is 0. The van der Waals surface area contributed by atoms with Gasteiger partial charge in [-0.25, -0.2) is 0 Å². The van der Waals surface area contributed by atoms with E-state index in [1.54, 1.807) is 0 Å². The second-order valence-corrected chi connectivity index (χ2v) is 8.09. The molecular formula is C23H20OSe. The molecule has 0 radical (unpaired) electrons. The maximum absolute atomic E-state index is 9.66. The Labute approximate surface area is 155 Å². The molecule has 0 fully saturated rings. The molecular weight excluding hydrogens is 371 g/mol. The van der Waals surface area contributed by atoms with Gasteiger partial charge in [0.2, 0.25) is 0 Å². The summed E-state index contributed by atoms with van der Waals surface area (Å²) in [7, 11) is 0. The van der Waals surface area contributed by atoms with Crippen molar-refractivity contribution >= 4 is 34.7 Å². The number of hydrogen-bond donors (Lipinski definition) is 1. The predicted octanol–water partition coefficient (Wildman–Crippen LogP) is 4.20. The second-order valence-electron chi connectivity index (χ2n) is 5.68. The number of phenols is 1. The Morgan fingerprint density at radius 3 is 1.72 bits per heavy atom. The van der Waals surface area contributed by atoms with Crippen molar-refractivity contribution in [1.29, 1.82) is 0 Å². The standard InChI is InChI=1S/C12H10Se.C11H10O/c1-3-7-11(8-4-1)13-12-9-5-2-6-10-12;1-8-6-7-9-4-2-3-5-10(9)11(8)12/h1-10H;2-7,12H,1H3. The molecule has 4 aromatic carbocycles. The van der Waals surface area contributed by atoms with Crippen LogP contribution in [-0.4, -0.2) is 20.1 Å². The molecule has 0 heterocycles. The van der Waals surface area contributed by atoms with Crippen LogP contribution < -0.4 is 8.92 Å². The average molecular weight is 391 g/mol. The molecule has 0 atom stereocenters. The van der Waals surface area contributed by atoms with Crippen LogP contribution in [0.3, 0.4) is 0 Å². The summed E-state index contributed by atoms with van der Waals surface area (Å²) in [5, 5.41) is 11.7. The van der Waals surface area contributed by atoms with Gasteiger partial charge in [0, 0.05) is 5.39 Å². The molecule has 4 aromatic rings. The first-order chi connectivity index (χ1) is 12.2. The van der Waals surface area contributed by atoms with Crippen LogP contribution in [0.4, 0.5) is 0 Å². The molecule has 0 saturated carbocycles. The molecule has 25 heavy (non-hydrogen) atoms. The molecule has 1 nitrogen and oxygen atoms in total. The summed E-state index contributed by atoms with van der Waals surface area (Å²) in [5.41, 5.74) is 0.925. The number of aromatic hydroxyl groups is 1. The monoisotopic (exact) mass is 392 g/mol. The van der Waals surface area contributed by atoms with Crippen molar-refractivity contribution in [3.05, 3.63) is 103 Å². The molecule has 0 bridgehead atoms. The number of hydrogen-bond acceptors (Lipinski definition) is 1. The fraction of sp³-hybridized carbons (Fsp3) is 0.0435. The third kappa shape index (κ3) is 4.73. The molecule has 124 valence electrons. The zero-order chi connectivity index (χ0) is 17.5. The summed E-state index contributed by atoms with van der Waals surface area (Å²) < 4.78 is 2.86. The van der Waals surface area contributed by atoms with E-state index in [9.17, 15) is 5.11 Å². The molecule has 0 saturated heterocycles. The Bertz CT molecular complexity index is 896. The summed E-state index contributed by atoms with van der Waals surface area (Å²) >= 11 is 0.461. The van der Waals surface area contributed by atoms with Gasteiger partial charge in [-0.3, -0.25) is 0 Å². The number of aryl methyl sites for hydroxylation is 1. The minimum atomic E-state index is 0.396. The van der Waals surface area contributed by atoms with E-state index in [2.05, 4.69) is 60.7 Å². The van der Waals surface area contributed by atoms with Gasteiger partial charge in [0.05, 0.1) is 0 Å². The Hall–Kier alpha value is -2.54. The van der Waals surface area contributed by atoms with Crippen LogP contribution >= 0.6 is 0 Å². The van der Waals surface area contributed by atoms with E-state index < -0.39 is 0 Å². The van der Waals surface area contributed by atoms with Gasteiger partial charge in [-0.05, 0) is 17.9 Å². The van der Waals surface area contributed by atoms with Crippen LogP contribution in [0, 0.1) is 6.92 Å². The van der Waals surface area contributed by atoms with Gasteiger partial charge in [0.25, 0.3) is 0 Å². The third-order valence-corrected chi connectivity index (χ3v) is 5.96. The van der Waals surface area contributed by atoms with E-state index in [-0.39, 0.29) is 0 Å². The van der Waals surface area contributed by atoms with Gasteiger partial charge in [-0.1, -0.05) is 36.4 Å². The number of fused-ring (bicyclic) bond motifs is 1. The quantitative estimate of drug-likeness (QED) is 0.508. The van der Waals surface area contributed by atoms with Gasteiger partial charge in [-0.2, -0.15) is 0 Å². The van der Waals surface area contributed by atoms with Crippen molar-refractivity contribution in [2.24, 2.45) is 0 Å². The van der Waals surface area contributed by atoms with E-state index in [1.165, 1.54) is 8.92 Å². The molecule has 0 aromatic heterocycles. The Balaban J connectivity index is 0.000000146. The summed E-state index contributed by atoms with van der Waals surface area (Å²) in [6.45, 7) is 1.90. The molecule has 4 rings (SSSR count). The SMILES string of the molecule is Cc1ccc2ccccc2c1O.c1ccc([Se]c2ccccc2)cc1. The predicted molar refractivity (Wildman–Crippen MR) is 108 cm³/mol. The minimum absolute atomic E-state index is 0.396. The van der Waals surface area contributed by atoms with E-state index in [1.807, 2.05) is 43.3 Å². The van der Waals surface area contributed by atoms with Crippen LogP contribution in [0.1, 0.15) is 5.56 Å². The Morgan fingerprint density at radius 2 is 1.12 bits per heavy atom. The van der Waals surface area contributed by atoms with Gasteiger partial charge >= 0.3 is 84.5 Å². The van der Waals surface area contributed by atoms with Crippen molar-refractivity contribution in [2.45, 2.75) is 6.92 Å². The summed E-state index contributed by atoms with van der Waals surface area (Å²) in [4.78, 5) is 0. The molecule has 0 aliphatic heterocycles. The Morgan fingerprint density at radius 1 is 0.600 bits per heavy atom. The van der Waals surface area contributed by atoms with Gasteiger partial charge in [-0.15, -0.1) is 0 Å². The van der Waals surface area contributed by atoms with Crippen molar-refractivity contribution in [3.63, 3.8) is 0 Å². The van der Waals surface area contributed by atoms with Crippen LogP contribution in [0.2, 0.25) is 0 Å². The van der Waals surface area contributed by atoms with E-state index >= 15 is 0 Å². The molecule has 0 amide bonds. The molecule has 0 aliphatic carbocycles. The normalized spacial score (nSPS) is 10.1. The van der Waals surface area contributed by atoms with Crippen molar-refractivity contribution in [1.82, 2.24) is 0 Å². The third-order valence-electron chi connectivity index (χ3n) is 3.82. The number of benzene rings is 4. The first-order valence-corrected chi connectivity index (χ1v) is 9.90. The van der Waals surface area contributed by atoms with E-state index in [0.717, 1.165) is 16.3 Å². The van der Waals surface area contributed by atoms with Crippen LogP contribution in [0.25, 0.3) is 10.8 Å². The number of rotatable bonds is 2. The molecule has 0 unspecified atom stereocenters.